The van der Waals surface area contributed by atoms with Crippen LogP contribution in [0.15, 0.2) is 54.6 Å². The fourth-order valence-electron chi connectivity index (χ4n) is 4.34. The zero-order valence-corrected chi connectivity index (χ0v) is 21.4. The maximum atomic E-state index is 2.54. The minimum Gasteiger partial charge on any atom is -1.00 e. The Balaban J connectivity index is 0.00000320. The van der Waals surface area contributed by atoms with E-state index in [1.165, 1.54) is 53.9 Å². The van der Waals surface area contributed by atoms with Gasteiger partial charge in [-0.15, -0.1) is 0 Å². The highest BCUT2D eigenvalue weighted by Crippen LogP contribution is 2.39. The third-order valence-electron chi connectivity index (χ3n) is 6.20. The summed E-state index contributed by atoms with van der Waals surface area (Å²) in [5.74, 6) is 0. The normalized spacial score (nSPS) is 14.7. The molecule has 0 bridgehead atoms. The van der Waals surface area contributed by atoms with E-state index in [0.29, 0.717) is 0 Å². The highest BCUT2D eigenvalue weighted by atomic mass is 127. The molecule has 0 aromatic heterocycles. The Morgan fingerprint density at radius 2 is 1.47 bits per heavy atom. The Morgan fingerprint density at radius 1 is 0.867 bits per heavy atom. The Labute approximate surface area is 200 Å². The molecule has 1 aliphatic heterocycles. The Morgan fingerprint density at radius 3 is 2.03 bits per heavy atom. The van der Waals surface area contributed by atoms with Crippen LogP contribution in [0.1, 0.15) is 64.5 Å². The second-order valence-corrected chi connectivity index (χ2v) is 8.71. The molecular weight excluding hydrogens is 479 g/mol. The number of hydrogen-bond acceptors (Lipinski definition) is 1. The van der Waals surface area contributed by atoms with Crippen LogP contribution in [-0.4, -0.2) is 30.4 Å². The minimum atomic E-state index is 0. The average molecular weight is 517 g/mol. The Kier molecular flexibility index (Phi) is 9.14. The van der Waals surface area contributed by atoms with Gasteiger partial charge in [0.15, 0.2) is 5.71 Å². The predicted molar refractivity (Wildman–Crippen MR) is 128 cm³/mol. The van der Waals surface area contributed by atoms with E-state index in [4.69, 9.17) is 0 Å². The number of anilines is 1. The van der Waals surface area contributed by atoms with Crippen molar-refractivity contribution in [3.05, 3.63) is 65.7 Å². The summed E-state index contributed by atoms with van der Waals surface area (Å²) in [6, 6.07) is 17.8. The van der Waals surface area contributed by atoms with Crippen LogP contribution in [0.25, 0.3) is 6.08 Å². The first-order valence-electron chi connectivity index (χ1n) is 11.2. The van der Waals surface area contributed by atoms with Gasteiger partial charge in [-0.1, -0.05) is 57.0 Å². The van der Waals surface area contributed by atoms with Crippen molar-refractivity contribution in [1.82, 2.24) is 0 Å². The molecule has 2 aromatic carbocycles. The van der Waals surface area contributed by atoms with Gasteiger partial charge >= 0.3 is 0 Å². The molecule has 0 spiro atoms. The molecule has 3 rings (SSSR count). The van der Waals surface area contributed by atoms with Crippen LogP contribution in [0.5, 0.6) is 0 Å². The number of hydrogen-bond donors (Lipinski definition) is 0. The summed E-state index contributed by atoms with van der Waals surface area (Å²) in [7, 11) is 2.18. The van der Waals surface area contributed by atoms with Gasteiger partial charge in [0.25, 0.3) is 0 Å². The molecule has 0 unspecified atom stereocenters. The van der Waals surface area contributed by atoms with Gasteiger partial charge in [0.1, 0.15) is 7.05 Å². The largest absolute Gasteiger partial charge is 1.00 e. The molecule has 1 heterocycles. The summed E-state index contributed by atoms with van der Waals surface area (Å²) >= 11 is 0. The van der Waals surface area contributed by atoms with Crippen molar-refractivity contribution in [2.75, 3.05) is 25.0 Å². The van der Waals surface area contributed by atoms with Crippen molar-refractivity contribution in [2.45, 2.75) is 58.8 Å². The number of nitrogens with zero attached hydrogens (tertiary/aromatic N) is 2. The van der Waals surface area contributed by atoms with Crippen LogP contribution in [0, 0.1) is 0 Å². The van der Waals surface area contributed by atoms with E-state index in [0.717, 1.165) is 13.1 Å². The number of benzene rings is 2. The number of fused-ring (bicyclic) bond motifs is 1. The minimum absolute atomic E-state index is 0. The van der Waals surface area contributed by atoms with Gasteiger partial charge in [0.05, 0.1) is 5.41 Å². The average Bonchev–Trinajstić information content (AvgIpc) is 2.93. The summed E-state index contributed by atoms with van der Waals surface area (Å²) in [6.45, 7) is 11.5. The van der Waals surface area contributed by atoms with Gasteiger partial charge in [-0.25, -0.2) is 0 Å². The molecule has 0 N–H and O–H groups in total. The number of para-hydroxylation sites is 1. The maximum absolute atomic E-state index is 2.54. The molecular formula is C27H37IN2. The van der Waals surface area contributed by atoms with Crippen LogP contribution in [-0.2, 0) is 5.41 Å². The van der Waals surface area contributed by atoms with Crippen LogP contribution in [0.4, 0.5) is 11.4 Å². The fraction of sp³-hybridized carbons (Fsp3) is 0.444. The second-order valence-electron chi connectivity index (χ2n) is 8.71. The standard InChI is InChI=1S/C27H37N2.HI/c1-6-8-20-29(21-9-7-2)23-17-14-22(15-18-23)16-19-26-27(3,4)24-12-10-11-13-25(24)28(26)5;/h10-19H,6-9,20-21H2,1-5H3;1H/q+1;/p-1. The number of allylic oxidation sites excluding steroid dienone is 1. The molecule has 2 nitrogen and oxygen atoms in total. The third kappa shape index (κ3) is 5.35. The van der Waals surface area contributed by atoms with Crippen molar-refractivity contribution >= 4 is 23.2 Å². The van der Waals surface area contributed by atoms with E-state index in [1.54, 1.807) is 0 Å². The van der Waals surface area contributed by atoms with Crippen molar-refractivity contribution in [1.29, 1.82) is 0 Å². The second kappa shape index (κ2) is 11.1. The molecule has 0 amide bonds. The monoisotopic (exact) mass is 516 g/mol. The highest BCUT2D eigenvalue weighted by molar-refractivity contribution is 6.05. The van der Waals surface area contributed by atoms with Crippen LogP contribution < -0.4 is 28.9 Å². The van der Waals surface area contributed by atoms with E-state index in [2.05, 4.69) is 105 Å². The number of unbranched alkanes of at least 4 members (excludes halogenated alkanes) is 2. The van der Waals surface area contributed by atoms with Crippen molar-refractivity contribution in [3.63, 3.8) is 0 Å². The van der Waals surface area contributed by atoms with Gasteiger partial charge < -0.3 is 28.9 Å². The zero-order valence-electron chi connectivity index (χ0n) is 19.3. The van der Waals surface area contributed by atoms with E-state index in [-0.39, 0.29) is 29.4 Å². The Hall–Kier alpha value is -1.62. The lowest BCUT2D eigenvalue weighted by Crippen LogP contribution is -3.00. The lowest BCUT2D eigenvalue weighted by molar-refractivity contribution is -0.401. The molecule has 0 atom stereocenters. The smallest absolute Gasteiger partial charge is 0.209 e. The third-order valence-corrected chi connectivity index (χ3v) is 6.20. The molecule has 0 aliphatic carbocycles. The molecule has 2 aromatic rings. The molecule has 0 saturated carbocycles. The van der Waals surface area contributed by atoms with Crippen LogP contribution in [0.3, 0.4) is 0 Å². The molecule has 0 saturated heterocycles. The lowest BCUT2D eigenvalue weighted by Gasteiger charge is -2.24. The summed E-state index contributed by atoms with van der Waals surface area (Å²) in [6.07, 6.45) is 9.55. The zero-order chi connectivity index (χ0) is 20.9. The van der Waals surface area contributed by atoms with Crippen LogP contribution in [0.2, 0.25) is 0 Å². The first kappa shape index (κ1) is 24.6. The molecule has 0 radical (unpaired) electrons. The van der Waals surface area contributed by atoms with Gasteiger partial charge in [-0.05, 0) is 50.5 Å². The van der Waals surface area contributed by atoms with Crippen molar-refractivity contribution in [2.24, 2.45) is 0 Å². The quantitative estimate of drug-likeness (QED) is 0.363. The highest BCUT2D eigenvalue weighted by Gasteiger charge is 2.42. The van der Waals surface area contributed by atoms with Crippen molar-refractivity contribution < 1.29 is 28.6 Å². The van der Waals surface area contributed by atoms with E-state index in [1.807, 2.05) is 0 Å². The first-order chi connectivity index (χ1) is 14.0. The van der Waals surface area contributed by atoms with E-state index < -0.39 is 0 Å². The topological polar surface area (TPSA) is 6.25 Å². The van der Waals surface area contributed by atoms with E-state index in [9.17, 15) is 0 Å². The molecule has 0 fully saturated rings. The number of halogens is 1. The molecule has 30 heavy (non-hydrogen) atoms. The SMILES string of the molecule is CCCCN(CCCC)c1ccc(/C=C/C2=[N+](C)c3ccccc3C2(C)C)cc1.[I-]. The fourth-order valence-corrected chi connectivity index (χ4v) is 4.34. The van der Waals surface area contributed by atoms with Gasteiger partial charge in [-0.3, -0.25) is 0 Å². The summed E-state index contributed by atoms with van der Waals surface area (Å²) in [5, 5.41) is 0. The molecule has 3 heteroatoms. The van der Waals surface area contributed by atoms with Crippen LogP contribution >= 0.6 is 0 Å². The summed E-state index contributed by atoms with van der Waals surface area (Å²) < 4.78 is 2.33. The molecule has 162 valence electrons. The lowest BCUT2D eigenvalue weighted by atomic mass is 9.81. The first-order valence-corrected chi connectivity index (χ1v) is 11.2. The maximum Gasteiger partial charge on any atom is 0.209 e. The summed E-state index contributed by atoms with van der Waals surface area (Å²) in [4.78, 5) is 2.54. The van der Waals surface area contributed by atoms with E-state index >= 15 is 0 Å². The van der Waals surface area contributed by atoms with Crippen molar-refractivity contribution in [3.8, 4) is 0 Å². The predicted octanol–water partition coefficient (Wildman–Crippen LogP) is 3.82. The van der Waals surface area contributed by atoms with Gasteiger partial charge in [0, 0.05) is 36.5 Å². The number of rotatable bonds is 9. The molecule has 1 aliphatic rings. The summed E-state index contributed by atoms with van der Waals surface area (Å²) in [5.41, 5.74) is 6.69. The Bertz CT molecular complexity index is 870. The van der Waals surface area contributed by atoms with Gasteiger partial charge in [0.2, 0.25) is 5.69 Å². The van der Waals surface area contributed by atoms with Gasteiger partial charge in [-0.2, -0.15) is 4.58 Å².